The first-order chi connectivity index (χ1) is 11.2. The molecule has 1 aliphatic rings. The molecule has 3 rings (SSSR count). The van der Waals surface area contributed by atoms with Crippen molar-refractivity contribution in [2.24, 2.45) is 0 Å². The van der Waals surface area contributed by atoms with Gasteiger partial charge in [-0.1, -0.05) is 18.0 Å². The average molecular weight is 332 g/mol. The van der Waals surface area contributed by atoms with Gasteiger partial charge in [0.05, 0.1) is 18.8 Å². The molecule has 1 fully saturated rings. The Morgan fingerprint density at radius 1 is 1.30 bits per heavy atom. The molecular weight excluding hydrogens is 314 g/mol. The first-order valence-corrected chi connectivity index (χ1v) is 8.01. The predicted octanol–water partition coefficient (Wildman–Crippen LogP) is 3.40. The van der Waals surface area contributed by atoms with Gasteiger partial charge in [0.1, 0.15) is 5.56 Å². The summed E-state index contributed by atoms with van der Waals surface area (Å²) in [6, 6.07) is 7.38. The number of methoxy groups -OCH3 is 1. The third-order valence-electron chi connectivity index (χ3n) is 3.97. The highest BCUT2D eigenvalue weighted by Gasteiger charge is 2.24. The van der Waals surface area contributed by atoms with Crippen LogP contribution in [0.15, 0.2) is 30.5 Å². The van der Waals surface area contributed by atoms with Crippen molar-refractivity contribution >= 4 is 17.6 Å². The number of carbonyl (C=O) groups is 1. The maximum atomic E-state index is 12.0. The zero-order chi connectivity index (χ0) is 16.2. The molecule has 0 amide bonds. The number of ether oxygens (including phenoxy) is 1. The van der Waals surface area contributed by atoms with Crippen LogP contribution in [0.3, 0.4) is 0 Å². The Morgan fingerprint density at radius 3 is 2.74 bits per heavy atom. The lowest BCUT2D eigenvalue weighted by molar-refractivity contribution is 0.0597. The summed E-state index contributed by atoms with van der Waals surface area (Å²) < 4.78 is 4.86. The van der Waals surface area contributed by atoms with Crippen LogP contribution in [0, 0.1) is 0 Å². The van der Waals surface area contributed by atoms with Crippen molar-refractivity contribution in [1.82, 2.24) is 15.3 Å². The number of benzene rings is 1. The van der Waals surface area contributed by atoms with Crippen LogP contribution in [0.1, 0.15) is 41.4 Å². The Labute approximate surface area is 140 Å². The summed E-state index contributed by atoms with van der Waals surface area (Å²) in [6.07, 6.45) is 4.74. The Balaban J connectivity index is 2.03. The fourth-order valence-corrected chi connectivity index (χ4v) is 2.88. The fraction of sp³-hybridized carbons (Fsp3) is 0.353. The molecule has 1 saturated heterocycles. The molecule has 0 radical (unpaired) electrons. The average Bonchev–Trinajstić information content (AvgIpc) is 2.62. The quantitative estimate of drug-likeness (QED) is 0.873. The minimum absolute atomic E-state index is 0.0481. The molecule has 23 heavy (non-hydrogen) atoms. The minimum atomic E-state index is -0.407. The first kappa shape index (κ1) is 15.9. The SMILES string of the molecule is COC(=O)c1cnc(-c2ccc(Cl)cc2)nc1C1CCCCN1. The van der Waals surface area contributed by atoms with Gasteiger partial charge in [0, 0.05) is 16.8 Å². The van der Waals surface area contributed by atoms with Crippen LogP contribution in [0.2, 0.25) is 5.02 Å². The second-order valence-corrected chi connectivity index (χ2v) is 5.93. The zero-order valence-electron chi connectivity index (χ0n) is 12.9. The molecule has 6 heteroatoms. The van der Waals surface area contributed by atoms with Crippen LogP contribution in [0.5, 0.6) is 0 Å². The van der Waals surface area contributed by atoms with Gasteiger partial charge in [0.15, 0.2) is 5.82 Å². The standard InChI is InChI=1S/C17H18ClN3O2/c1-23-17(22)13-10-20-16(11-5-7-12(18)8-6-11)21-15(13)14-4-2-3-9-19-14/h5-8,10,14,19H,2-4,9H2,1H3. The topological polar surface area (TPSA) is 64.1 Å². The van der Waals surface area contributed by atoms with Crippen molar-refractivity contribution in [1.29, 1.82) is 0 Å². The number of carbonyl (C=O) groups excluding carboxylic acids is 1. The van der Waals surface area contributed by atoms with Gasteiger partial charge in [-0.15, -0.1) is 0 Å². The molecule has 1 atom stereocenters. The normalized spacial score (nSPS) is 17.7. The van der Waals surface area contributed by atoms with Gasteiger partial charge in [-0.2, -0.15) is 0 Å². The van der Waals surface area contributed by atoms with E-state index >= 15 is 0 Å². The highest BCUT2D eigenvalue weighted by atomic mass is 35.5. The highest BCUT2D eigenvalue weighted by Crippen LogP contribution is 2.27. The first-order valence-electron chi connectivity index (χ1n) is 7.63. The van der Waals surface area contributed by atoms with E-state index in [0.29, 0.717) is 22.1 Å². The van der Waals surface area contributed by atoms with Crippen molar-refractivity contribution < 1.29 is 9.53 Å². The molecule has 0 saturated carbocycles. The Hall–Kier alpha value is -1.98. The lowest BCUT2D eigenvalue weighted by Gasteiger charge is -2.24. The summed E-state index contributed by atoms with van der Waals surface area (Å²) in [5.41, 5.74) is 1.99. The van der Waals surface area contributed by atoms with E-state index in [2.05, 4.69) is 15.3 Å². The van der Waals surface area contributed by atoms with E-state index < -0.39 is 5.97 Å². The molecular formula is C17H18ClN3O2. The van der Waals surface area contributed by atoms with Gasteiger partial charge < -0.3 is 10.1 Å². The molecule has 0 aliphatic carbocycles. The second kappa shape index (κ2) is 7.06. The number of rotatable bonds is 3. The fourth-order valence-electron chi connectivity index (χ4n) is 2.75. The van der Waals surface area contributed by atoms with Crippen LogP contribution in [-0.2, 0) is 4.74 Å². The van der Waals surface area contributed by atoms with Crippen molar-refractivity contribution in [3.05, 3.63) is 46.7 Å². The number of nitrogens with one attached hydrogen (secondary N) is 1. The summed E-state index contributed by atoms with van der Waals surface area (Å²) in [6.45, 7) is 0.922. The number of halogens is 1. The molecule has 0 spiro atoms. The zero-order valence-corrected chi connectivity index (χ0v) is 13.6. The van der Waals surface area contributed by atoms with E-state index in [0.717, 1.165) is 31.4 Å². The van der Waals surface area contributed by atoms with E-state index in [9.17, 15) is 4.79 Å². The summed E-state index contributed by atoms with van der Waals surface area (Å²) in [5.74, 6) is 0.173. The summed E-state index contributed by atoms with van der Waals surface area (Å²) in [7, 11) is 1.37. The van der Waals surface area contributed by atoms with Crippen molar-refractivity contribution in [2.75, 3.05) is 13.7 Å². The Kier molecular flexibility index (Phi) is 4.88. The number of esters is 1. The molecule has 1 unspecified atom stereocenters. The minimum Gasteiger partial charge on any atom is -0.465 e. The highest BCUT2D eigenvalue weighted by molar-refractivity contribution is 6.30. The molecule has 1 aromatic carbocycles. The van der Waals surface area contributed by atoms with E-state index in [1.165, 1.54) is 7.11 Å². The summed E-state index contributed by atoms with van der Waals surface area (Å²) in [4.78, 5) is 21.0. The van der Waals surface area contributed by atoms with E-state index in [4.69, 9.17) is 16.3 Å². The monoisotopic (exact) mass is 331 g/mol. The number of aromatic nitrogens is 2. The van der Waals surface area contributed by atoms with E-state index in [1.54, 1.807) is 18.3 Å². The Morgan fingerprint density at radius 2 is 2.09 bits per heavy atom. The van der Waals surface area contributed by atoms with Gasteiger partial charge in [-0.05, 0) is 43.7 Å². The Bertz CT molecular complexity index is 697. The maximum Gasteiger partial charge on any atom is 0.341 e. The van der Waals surface area contributed by atoms with Crippen LogP contribution in [0.25, 0.3) is 11.4 Å². The van der Waals surface area contributed by atoms with Gasteiger partial charge in [0.25, 0.3) is 0 Å². The summed E-state index contributed by atoms with van der Waals surface area (Å²) >= 11 is 5.93. The largest absolute Gasteiger partial charge is 0.465 e. The molecule has 120 valence electrons. The third-order valence-corrected chi connectivity index (χ3v) is 4.22. The number of nitrogens with zero attached hydrogens (tertiary/aromatic N) is 2. The van der Waals surface area contributed by atoms with Crippen molar-refractivity contribution in [2.45, 2.75) is 25.3 Å². The number of hydrogen-bond donors (Lipinski definition) is 1. The number of piperidine rings is 1. The van der Waals surface area contributed by atoms with Gasteiger partial charge in [0.2, 0.25) is 0 Å². The van der Waals surface area contributed by atoms with Gasteiger partial charge >= 0.3 is 5.97 Å². The smallest absolute Gasteiger partial charge is 0.341 e. The molecule has 1 N–H and O–H groups in total. The molecule has 1 aliphatic heterocycles. The van der Waals surface area contributed by atoms with E-state index in [1.807, 2.05) is 12.1 Å². The molecule has 2 heterocycles. The van der Waals surface area contributed by atoms with Gasteiger partial charge in [-0.3, -0.25) is 0 Å². The van der Waals surface area contributed by atoms with Crippen molar-refractivity contribution in [3.8, 4) is 11.4 Å². The van der Waals surface area contributed by atoms with Crippen molar-refractivity contribution in [3.63, 3.8) is 0 Å². The number of hydrogen-bond acceptors (Lipinski definition) is 5. The third kappa shape index (κ3) is 3.51. The lowest BCUT2D eigenvalue weighted by Crippen LogP contribution is -2.29. The lowest BCUT2D eigenvalue weighted by atomic mass is 9.98. The van der Waals surface area contributed by atoms with Crippen LogP contribution in [0.4, 0.5) is 0 Å². The van der Waals surface area contributed by atoms with Crippen LogP contribution < -0.4 is 5.32 Å². The molecule has 5 nitrogen and oxygen atoms in total. The van der Waals surface area contributed by atoms with Crippen LogP contribution in [-0.4, -0.2) is 29.6 Å². The predicted molar refractivity (Wildman–Crippen MR) is 88.4 cm³/mol. The van der Waals surface area contributed by atoms with Crippen LogP contribution >= 0.6 is 11.6 Å². The second-order valence-electron chi connectivity index (χ2n) is 5.49. The summed E-state index contributed by atoms with van der Waals surface area (Å²) in [5, 5.41) is 4.08. The molecule has 1 aromatic heterocycles. The maximum absolute atomic E-state index is 12.0. The molecule has 2 aromatic rings. The molecule has 0 bridgehead atoms. The van der Waals surface area contributed by atoms with Gasteiger partial charge in [-0.25, -0.2) is 14.8 Å². The van der Waals surface area contributed by atoms with E-state index in [-0.39, 0.29) is 6.04 Å².